The van der Waals surface area contributed by atoms with E-state index in [1.807, 2.05) is 13.1 Å². The van der Waals surface area contributed by atoms with Crippen LogP contribution in [0.2, 0.25) is 5.02 Å². The molecule has 4 rings (SSSR count). The molecule has 0 spiro atoms. The largest absolute Gasteiger partial charge is 0.369 e. The molecule has 1 fully saturated rings. The van der Waals surface area contributed by atoms with Gasteiger partial charge in [-0.15, -0.1) is 11.3 Å². The first kappa shape index (κ1) is 22.1. The number of anilines is 2. The van der Waals surface area contributed by atoms with Crippen molar-refractivity contribution in [2.75, 3.05) is 29.8 Å². The van der Waals surface area contributed by atoms with Crippen LogP contribution in [0.15, 0.2) is 64.3 Å². The molecule has 0 unspecified atom stereocenters. The van der Waals surface area contributed by atoms with Crippen LogP contribution in [-0.4, -0.2) is 44.5 Å². The molecule has 164 valence electrons. The Morgan fingerprint density at radius 3 is 2.71 bits per heavy atom. The zero-order valence-electron chi connectivity index (χ0n) is 17.4. The molecule has 2 atom stereocenters. The molecular formula is C22H25ClN4O2S2. The molecule has 0 aliphatic carbocycles. The lowest BCUT2D eigenvalue weighted by atomic mass is 10.1. The Morgan fingerprint density at radius 1 is 1.26 bits per heavy atom. The third-order valence-corrected chi connectivity index (χ3v) is 8.09. The number of rotatable bonds is 7. The molecule has 0 amide bonds. The highest BCUT2D eigenvalue weighted by Gasteiger charge is 2.30. The number of nitrogens with zero attached hydrogens (tertiary/aromatic N) is 3. The Bertz CT molecular complexity index is 1120. The number of likely N-dealkylation sites (N-methyl/N-ethyl adjacent to an activating group) is 1. The molecule has 1 aliphatic heterocycles. The molecule has 1 aromatic heterocycles. The first-order chi connectivity index (χ1) is 14.8. The predicted octanol–water partition coefficient (Wildman–Crippen LogP) is 4.87. The van der Waals surface area contributed by atoms with Crippen LogP contribution in [0.3, 0.4) is 0 Å². The van der Waals surface area contributed by atoms with Gasteiger partial charge in [0.2, 0.25) is 0 Å². The molecule has 0 saturated carbocycles. The molecule has 6 nitrogen and oxygen atoms in total. The fourth-order valence-corrected chi connectivity index (χ4v) is 5.94. The lowest BCUT2D eigenvalue weighted by Crippen LogP contribution is -2.35. The lowest BCUT2D eigenvalue weighted by Gasteiger charge is -2.30. The number of hydrogen-bond acceptors (Lipinski definition) is 6. The summed E-state index contributed by atoms with van der Waals surface area (Å²) in [4.78, 5) is 8.72. The van der Waals surface area contributed by atoms with Gasteiger partial charge < -0.3 is 4.90 Å². The minimum Gasteiger partial charge on any atom is -0.369 e. The van der Waals surface area contributed by atoms with Crippen molar-refractivity contribution in [2.45, 2.75) is 30.3 Å². The number of likely N-dealkylation sites (tertiary alicyclic amines) is 1. The first-order valence-electron chi connectivity index (χ1n) is 10.1. The van der Waals surface area contributed by atoms with Gasteiger partial charge in [0, 0.05) is 37.6 Å². The average molecular weight is 477 g/mol. The van der Waals surface area contributed by atoms with Crippen molar-refractivity contribution < 1.29 is 8.42 Å². The number of hydrogen-bond donors (Lipinski definition) is 1. The molecule has 1 saturated heterocycles. The van der Waals surface area contributed by atoms with E-state index in [1.165, 1.54) is 23.0 Å². The number of nitrogens with one attached hydrogen (secondary N) is 1. The maximum absolute atomic E-state index is 12.6. The smallest absolute Gasteiger partial charge is 0.263 e. The van der Waals surface area contributed by atoms with Crippen molar-refractivity contribution in [1.82, 2.24) is 9.88 Å². The molecule has 1 N–H and O–H groups in total. The highest BCUT2D eigenvalue weighted by molar-refractivity contribution is 7.92. The second-order valence-corrected chi connectivity index (χ2v) is 10.5. The van der Waals surface area contributed by atoms with E-state index in [0.29, 0.717) is 22.9 Å². The van der Waals surface area contributed by atoms with Crippen molar-refractivity contribution in [3.8, 4) is 0 Å². The van der Waals surface area contributed by atoms with Crippen molar-refractivity contribution >= 4 is 44.5 Å². The van der Waals surface area contributed by atoms with Gasteiger partial charge in [0.1, 0.15) is 0 Å². The minimum atomic E-state index is -3.73. The van der Waals surface area contributed by atoms with E-state index in [-0.39, 0.29) is 4.90 Å². The number of thiazole rings is 1. The highest BCUT2D eigenvalue weighted by Crippen LogP contribution is 2.33. The van der Waals surface area contributed by atoms with Crippen molar-refractivity contribution in [1.29, 1.82) is 0 Å². The summed E-state index contributed by atoms with van der Waals surface area (Å²) in [6.45, 7) is 4.17. The number of sulfonamides is 1. The van der Waals surface area contributed by atoms with Crippen molar-refractivity contribution in [3.63, 3.8) is 0 Å². The van der Waals surface area contributed by atoms with E-state index in [9.17, 15) is 8.42 Å². The summed E-state index contributed by atoms with van der Waals surface area (Å²) in [7, 11) is -1.72. The summed E-state index contributed by atoms with van der Waals surface area (Å²) in [6.07, 6.45) is 1.02. The third kappa shape index (κ3) is 4.87. The Morgan fingerprint density at radius 2 is 2.03 bits per heavy atom. The maximum Gasteiger partial charge on any atom is 0.263 e. The van der Waals surface area contributed by atoms with Crippen LogP contribution in [0, 0.1) is 0 Å². The van der Waals surface area contributed by atoms with Gasteiger partial charge in [-0.2, -0.15) is 0 Å². The van der Waals surface area contributed by atoms with Gasteiger partial charge >= 0.3 is 0 Å². The lowest BCUT2D eigenvalue weighted by molar-refractivity contribution is 0.259. The van der Waals surface area contributed by atoms with E-state index < -0.39 is 10.0 Å². The highest BCUT2D eigenvalue weighted by atomic mass is 35.5. The van der Waals surface area contributed by atoms with Crippen LogP contribution in [-0.2, 0) is 10.0 Å². The number of aromatic nitrogens is 1. The molecule has 3 aromatic rings. The first-order valence-corrected chi connectivity index (χ1v) is 12.9. The summed E-state index contributed by atoms with van der Waals surface area (Å²) in [5, 5.41) is 2.06. The van der Waals surface area contributed by atoms with Gasteiger partial charge in [0.25, 0.3) is 10.0 Å². The van der Waals surface area contributed by atoms with Gasteiger partial charge in [0.15, 0.2) is 5.82 Å². The fraction of sp³-hybridized carbons (Fsp3) is 0.318. The zero-order chi connectivity index (χ0) is 22.0. The molecular weight excluding hydrogens is 452 g/mol. The Kier molecular flexibility index (Phi) is 6.52. The van der Waals surface area contributed by atoms with Crippen LogP contribution in [0.25, 0.3) is 0 Å². The SMILES string of the molecule is C[C@H](c1ccccc1)N1CC[C@H](N(C)c2ccc(S(=O)(=O)Nc3cscn3)cc2Cl)C1. The zero-order valence-corrected chi connectivity index (χ0v) is 19.8. The van der Waals surface area contributed by atoms with E-state index >= 15 is 0 Å². The van der Waals surface area contributed by atoms with Gasteiger partial charge in [-0.3, -0.25) is 9.62 Å². The average Bonchev–Trinajstić information content (AvgIpc) is 3.45. The van der Waals surface area contributed by atoms with Gasteiger partial charge in [-0.1, -0.05) is 41.9 Å². The third-order valence-electron chi connectivity index (χ3n) is 5.85. The standard InChI is InChI=1S/C22H25ClN4O2S2/c1-16(17-6-4-3-5-7-17)27-11-10-18(13-27)26(2)21-9-8-19(12-20(21)23)31(28,29)25-22-14-30-15-24-22/h3-9,12,14-16,18,25H,10-11,13H2,1-2H3/t16-,18+/m1/s1. The maximum atomic E-state index is 12.6. The summed E-state index contributed by atoms with van der Waals surface area (Å²) in [5.41, 5.74) is 3.71. The molecule has 0 radical (unpaired) electrons. The van der Waals surface area contributed by atoms with Gasteiger partial charge in [-0.25, -0.2) is 13.4 Å². The molecule has 0 bridgehead atoms. The van der Waals surface area contributed by atoms with E-state index in [4.69, 9.17) is 11.6 Å². The van der Waals surface area contributed by atoms with Crippen molar-refractivity contribution in [3.05, 3.63) is 70.0 Å². The summed E-state index contributed by atoms with van der Waals surface area (Å²) >= 11 is 7.85. The molecule has 31 heavy (non-hydrogen) atoms. The second kappa shape index (κ2) is 9.16. The summed E-state index contributed by atoms with van der Waals surface area (Å²) < 4.78 is 27.7. The van der Waals surface area contributed by atoms with Crippen LogP contribution in [0.4, 0.5) is 11.5 Å². The summed E-state index contributed by atoms with van der Waals surface area (Å²) in [6, 6.07) is 16.0. The molecule has 1 aliphatic rings. The second-order valence-electron chi connectivity index (χ2n) is 7.73. The molecule has 2 aromatic carbocycles. The Labute approximate surface area is 192 Å². The van der Waals surface area contributed by atoms with E-state index in [0.717, 1.165) is 25.2 Å². The van der Waals surface area contributed by atoms with E-state index in [2.05, 4.69) is 50.7 Å². The minimum absolute atomic E-state index is 0.119. The van der Waals surface area contributed by atoms with Crippen LogP contribution in [0.5, 0.6) is 0 Å². The number of halogens is 1. The van der Waals surface area contributed by atoms with Crippen LogP contribution < -0.4 is 9.62 Å². The normalized spacial score (nSPS) is 18.1. The van der Waals surface area contributed by atoms with Crippen molar-refractivity contribution in [2.24, 2.45) is 0 Å². The van der Waals surface area contributed by atoms with Gasteiger partial charge in [-0.05, 0) is 37.1 Å². The fourth-order valence-electron chi connectivity index (χ4n) is 3.98. The monoisotopic (exact) mass is 476 g/mol. The Hall–Kier alpha value is -2.13. The quantitative estimate of drug-likeness (QED) is 0.527. The molecule has 2 heterocycles. The van der Waals surface area contributed by atoms with Gasteiger partial charge in [0.05, 0.1) is 21.1 Å². The van der Waals surface area contributed by atoms with Crippen LogP contribution >= 0.6 is 22.9 Å². The summed E-state index contributed by atoms with van der Waals surface area (Å²) in [5.74, 6) is 0.306. The Balaban J connectivity index is 1.46. The topological polar surface area (TPSA) is 65.5 Å². The van der Waals surface area contributed by atoms with Crippen LogP contribution in [0.1, 0.15) is 24.9 Å². The predicted molar refractivity (Wildman–Crippen MR) is 128 cm³/mol. The van der Waals surface area contributed by atoms with E-state index in [1.54, 1.807) is 23.0 Å². The number of benzene rings is 2. The molecule has 9 heteroatoms.